The molecule has 6 heteroatoms. The Morgan fingerprint density at radius 2 is 2.05 bits per heavy atom. The van der Waals surface area contributed by atoms with Gasteiger partial charge in [-0.25, -0.2) is 0 Å². The molecule has 0 bridgehead atoms. The fraction of sp³-hybridized carbons (Fsp3) is 0.214. The lowest BCUT2D eigenvalue weighted by Gasteiger charge is -2.18. The topological polar surface area (TPSA) is 69.6 Å². The van der Waals surface area contributed by atoms with Gasteiger partial charge in [0.2, 0.25) is 0 Å². The highest BCUT2D eigenvalue weighted by atomic mass is 35.5. The molecule has 0 aliphatic carbocycles. The fourth-order valence-corrected chi connectivity index (χ4v) is 2.81. The lowest BCUT2D eigenvalue weighted by Crippen LogP contribution is -2.32. The molecule has 0 amide bonds. The van der Waals surface area contributed by atoms with Crippen LogP contribution < -0.4 is 5.32 Å². The Kier molecular flexibility index (Phi) is 5.14. The number of aliphatic hydroxyl groups excluding tert-OH is 1. The van der Waals surface area contributed by atoms with E-state index in [2.05, 4.69) is 5.32 Å². The molecule has 1 heterocycles. The van der Waals surface area contributed by atoms with Gasteiger partial charge in [0.25, 0.3) is 0 Å². The number of hydrogen-bond donors (Lipinski definition) is 3. The van der Waals surface area contributed by atoms with Gasteiger partial charge in [0, 0.05) is 16.4 Å². The summed E-state index contributed by atoms with van der Waals surface area (Å²) in [7, 11) is 0. The Labute approximate surface area is 125 Å². The maximum Gasteiger partial charge on any atom is 0.325 e. The zero-order valence-electron chi connectivity index (χ0n) is 10.5. The van der Waals surface area contributed by atoms with E-state index in [-0.39, 0.29) is 6.54 Å². The average Bonchev–Trinajstić information content (AvgIpc) is 2.94. The lowest BCUT2D eigenvalue weighted by atomic mass is 10.1. The number of carboxylic acids is 1. The van der Waals surface area contributed by atoms with Crippen LogP contribution in [0.15, 0.2) is 41.8 Å². The van der Waals surface area contributed by atoms with E-state index >= 15 is 0 Å². The predicted molar refractivity (Wildman–Crippen MR) is 79.1 cm³/mol. The number of halogens is 1. The number of aliphatic hydroxyl groups is 1. The Morgan fingerprint density at radius 1 is 1.30 bits per heavy atom. The third-order valence-corrected chi connectivity index (χ3v) is 4.17. The van der Waals surface area contributed by atoms with E-state index in [1.807, 2.05) is 17.5 Å². The molecule has 0 saturated carbocycles. The van der Waals surface area contributed by atoms with Gasteiger partial charge < -0.3 is 10.2 Å². The predicted octanol–water partition coefficient (Wildman–Crippen LogP) is 2.85. The van der Waals surface area contributed by atoms with Crippen molar-refractivity contribution in [1.29, 1.82) is 0 Å². The zero-order valence-corrected chi connectivity index (χ0v) is 12.1. The van der Waals surface area contributed by atoms with Crippen LogP contribution in [-0.4, -0.2) is 22.7 Å². The first-order chi connectivity index (χ1) is 9.59. The maximum absolute atomic E-state index is 11.4. The summed E-state index contributed by atoms with van der Waals surface area (Å²) in [4.78, 5) is 12.1. The molecule has 2 atom stereocenters. The van der Waals surface area contributed by atoms with Crippen molar-refractivity contribution in [3.63, 3.8) is 0 Å². The molecule has 4 nitrogen and oxygen atoms in total. The first-order valence-electron chi connectivity index (χ1n) is 6.01. The first-order valence-corrected chi connectivity index (χ1v) is 7.27. The molecule has 0 aliphatic rings. The van der Waals surface area contributed by atoms with Gasteiger partial charge in [-0.3, -0.25) is 10.1 Å². The zero-order chi connectivity index (χ0) is 14.5. The minimum atomic E-state index is -1.03. The van der Waals surface area contributed by atoms with Crippen LogP contribution in [-0.2, 0) is 4.79 Å². The van der Waals surface area contributed by atoms with Crippen molar-refractivity contribution in [1.82, 2.24) is 5.32 Å². The SMILES string of the molecule is O=C(O)[C@@H](NCC(O)c1cccs1)c1ccccc1Cl. The third-order valence-electron chi connectivity index (χ3n) is 2.85. The van der Waals surface area contributed by atoms with Crippen LogP contribution in [0.3, 0.4) is 0 Å². The normalized spacial score (nSPS) is 13.9. The van der Waals surface area contributed by atoms with E-state index in [4.69, 9.17) is 11.6 Å². The van der Waals surface area contributed by atoms with Gasteiger partial charge in [-0.05, 0) is 23.1 Å². The summed E-state index contributed by atoms with van der Waals surface area (Å²) < 4.78 is 0. The van der Waals surface area contributed by atoms with E-state index in [1.54, 1.807) is 24.3 Å². The quantitative estimate of drug-likeness (QED) is 0.767. The van der Waals surface area contributed by atoms with E-state index in [0.717, 1.165) is 4.88 Å². The van der Waals surface area contributed by atoms with Crippen LogP contribution in [0.2, 0.25) is 5.02 Å². The van der Waals surface area contributed by atoms with E-state index in [9.17, 15) is 15.0 Å². The molecule has 1 aromatic carbocycles. The van der Waals surface area contributed by atoms with Gasteiger partial charge in [0.1, 0.15) is 12.1 Å². The second-order valence-corrected chi connectivity index (χ2v) is 5.62. The van der Waals surface area contributed by atoms with Crippen molar-refractivity contribution >= 4 is 28.9 Å². The van der Waals surface area contributed by atoms with E-state index < -0.39 is 18.1 Å². The molecular weight excluding hydrogens is 298 g/mol. The Morgan fingerprint density at radius 3 is 2.65 bits per heavy atom. The molecule has 2 aromatic rings. The number of carboxylic acid groups (broad SMARTS) is 1. The number of rotatable bonds is 6. The van der Waals surface area contributed by atoms with Gasteiger partial charge in [-0.15, -0.1) is 11.3 Å². The highest BCUT2D eigenvalue weighted by molar-refractivity contribution is 7.10. The average molecular weight is 312 g/mol. The number of aliphatic carboxylic acids is 1. The largest absolute Gasteiger partial charge is 0.480 e. The summed E-state index contributed by atoms with van der Waals surface area (Å²) in [6.45, 7) is 0.142. The van der Waals surface area contributed by atoms with Crippen LogP contribution in [0.5, 0.6) is 0 Å². The summed E-state index contributed by atoms with van der Waals surface area (Å²) in [5, 5.41) is 24.4. The smallest absolute Gasteiger partial charge is 0.325 e. The molecule has 20 heavy (non-hydrogen) atoms. The molecule has 0 radical (unpaired) electrons. The highest BCUT2D eigenvalue weighted by Gasteiger charge is 2.22. The van der Waals surface area contributed by atoms with E-state index in [1.165, 1.54) is 11.3 Å². The molecule has 1 unspecified atom stereocenters. The summed E-state index contributed by atoms with van der Waals surface area (Å²) in [5.74, 6) is -1.03. The van der Waals surface area contributed by atoms with Crippen LogP contribution in [0.25, 0.3) is 0 Å². The van der Waals surface area contributed by atoms with Crippen molar-refractivity contribution in [2.75, 3.05) is 6.54 Å². The standard InChI is InChI=1S/C14H14ClNO3S/c15-10-5-2-1-4-9(10)13(14(18)19)16-8-11(17)12-6-3-7-20-12/h1-7,11,13,16-17H,8H2,(H,18,19)/t11?,13-/m0/s1. The van der Waals surface area contributed by atoms with Gasteiger partial charge in [0.05, 0.1) is 0 Å². The van der Waals surface area contributed by atoms with Gasteiger partial charge in [-0.1, -0.05) is 35.9 Å². The number of hydrogen-bond acceptors (Lipinski definition) is 4. The molecule has 0 saturated heterocycles. The van der Waals surface area contributed by atoms with Gasteiger partial charge in [0.15, 0.2) is 0 Å². The number of carbonyl (C=O) groups is 1. The van der Waals surface area contributed by atoms with Crippen molar-refractivity contribution < 1.29 is 15.0 Å². The Bertz CT molecular complexity index is 574. The fourth-order valence-electron chi connectivity index (χ4n) is 1.85. The summed E-state index contributed by atoms with van der Waals surface area (Å²) in [6.07, 6.45) is -0.737. The molecule has 0 spiro atoms. The van der Waals surface area contributed by atoms with Crippen LogP contribution >= 0.6 is 22.9 Å². The molecule has 3 N–H and O–H groups in total. The first kappa shape index (κ1) is 15.0. The number of nitrogens with one attached hydrogen (secondary N) is 1. The molecule has 0 fully saturated rings. The summed E-state index contributed by atoms with van der Waals surface area (Å²) in [5.41, 5.74) is 0.486. The van der Waals surface area contributed by atoms with Gasteiger partial charge >= 0.3 is 5.97 Å². The molecule has 2 rings (SSSR count). The molecule has 1 aromatic heterocycles. The van der Waals surface area contributed by atoms with Crippen LogP contribution in [0.1, 0.15) is 22.6 Å². The molecular formula is C14H14ClNO3S. The lowest BCUT2D eigenvalue weighted by molar-refractivity contribution is -0.139. The monoisotopic (exact) mass is 311 g/mol. The minimum Gasteiger partial charge on any atom is -0.480 e. The Balaban J connectivity index is 2.08. The van der Waals surface area contributed by atoms with Crippen LogP contribution in [0, 0.1) is 0 Å². The van der Waals surface area contributed by atoms with Crippen molar-refractivity contribution in [2.24, 2.45) is 0 Å². The number of benzene rings is 1. The van der Waals surface area contributed by atoms with Crippen molar-refractivity contribution in [3.8, 4) is 0 Å². The summed E-state index contributed by atoms with van der Waals surface area (Å²) in [6, 6.07) is 9.47. The third kappa shape index (κ3) is 3.58. The van der Waals surface area contributed by atoms with Crippen LogP contribution in [0.4, 0.5) is 0 Å². The van der Waals surface area contributed by atoms with E-state index in [0.29, 0.717) is 10.6 Å². The Hall–Kier alpha value is -1.40. The molecule has 0 aliphatic heterocycles. The second kappa shape index (κ2) is 6.85. The summed E-state index contributed by atoms with van der Waals surface area (Å²) >= 11 is 7.44. The maximum atomic E-state index is 11.4. The van der Waals surface area contributed by atoms with Crippen molar-refractivity contribution in [3.05, 3.63) is 57.2 Å². The van der Waals surface area contributed by atoms with Crippen molar-refractivity contribution in [2.45, 2.75) is 12.1 Å². The highest BCUT2D eigenvalue weighted by Crippen LogP contribution is 2.24. The second-order valence-electron chi connectivity index (χ2n) is 4.23. The molecule has 106 valence electrons. The van der Waals surface area contributed by atoms with Gasteiger partial charge in [-0.2, -0.15) is 0 Å². The minimum absolute atomic E-state index is 0.142. The number of thiophene rings is 1.